The van der Waals surface area contributed by atoms with Crippen molar-refractivity contribution in [2.45, 2.75) is 18.4 Å². The predicted molar refractivity (Wildman–Crippen MR) is 135 cm³/mol. The van der Waals surface area contributed by atoms with E-state index in [9.17, 15) is 14.7 Å². The predicted octanol–water partition coefficient (Wildman–Crippen LogP) is 3.25. The molecule has 7 nitrogen and oxygen atoms in total. The Morgan fingerprint density at radius 1 is 0.743 bits per heavy atom. The Bertz CT molecular complexity index is 1120. The molecule has 3 aromatic carbocycles. The Balaban J connectivity index is 1.30. The second-order valence-electron chi connectivity index (χ2n) is 9.33. The number of phenolic OH excluding ortho intramolecular Hbond substituents is 1. The fourth-order valence-electron chi connectivity index (χ4n) is 5.01. The van der Waals surface area contributed by atoms with E-state index >= 15 is 0 Å². The van der Waals surface area contributed by atoms with Crippen molar-refractivity contribution in [2.24, 2.45) is 0 Å². The molecule has 0 spiro atoms. The van der Waals surface area contributed by atoms with Gasteiger partial charge in [0.2, 0.25) is 0 Å². The van der Waals surface area contributed by atoms with Crippen LogP contribution in [-0.4, -0.2) is 65.2 Å². The minimum Gasteiger partial charge on any atom is -0.508 e. The lowest BCUT2D eigenvalue weighted by Crippen LogP contribution is -2.53. The van der Waals surface area contributed by atoms with Crippen LogP contribution in [0.3, 0.4) is 0 Å². The summed E-state index contributed by atoms with van der Waals surface area (Å²) in [5.74, 6) is 0.0802. The topological polar surface area (TPSA) is 76.1 Å². The minimum absolute atomic E-state index is 0.170. The van der Waals surface area contributed by atoms with E-state index < -0.39 is 5.54 Å². The molecule has 2 heterocycles. The molecule has 180 valence electrons. The molecule has 2 aliphatic heterocycles. The van der Waals surface area contributed by atoms with Gasteiger partial charge in [0.25, 0.3) is 5.91 Å². The zero-order valence-corrected chi connectivity index (χ0v) is 19.6. The van der Waals surface area contributed by atoms with Crippen LogP contribution >= 0.6 is 0 Å². The number of hydrogen-bond acceptors (Lipinski definition) is 5. The van der Waals surface area contributed by atoms with E-state index in [-0.39, 0.29) is 24.4 Å². The summed E-state index contributed by atoms with van der Waals surface area (Å²) in [7, 11) is 0. The van der Waals surface area contributed by atoms with E-state index in [0.29, 0.717) is 12.8 Å². The molecule has 0 radical (unpaired) electrons. The molecular formula is C28H30N4O3. The summed E-state index contributed by atoms with van der Waals surface area (Å²) in [6.07, 6.45) is 0.886. The van der Waals surface area contributed by atoms with Crippen molar-refractivity contribution in [3.63, 3.8) is 0 Å². The molecule has 7 heteroatoms. The number of benzene rings is 3. The molecule has 0 unspecified atom stereocenters. The van der Waals surface area contributed by atoms with Gasteiger partial charge in [-0.3, -0.25) is 9.69 Å². The van der Waals surface area contributed by atoms with Crippen molar-refractivity contribution < 1.29 is 14.7 Å². The van der Waals surface area contributed by atoms with Crippen molar-refractivity contribution in [1.82, 2.24) is 15.1 Å². The molecule has 0 saturated carbocycles. The van der Waals surface area contributed by atoms with Gasteiger partial charge >= 0.3 is 6.03 Å². The van der Waals surface area contributed by atoms with Gasteiger partial charge in [-0.1, -0.05) is 60.7 Å². The number of urea groups is 1. The number of carbonyl (C=O) groups excluding carboxylic acids is 2. The maximum atomic E-state index is 13.8. The Morgan fingerprint density at radius 2 is 1.29 bits per heavy atom. The van der Waals surface area contributed by atoms with E-state index in [1.807, 2.05) is 72.8 Å². The van der Waals surface area contributed by atoms with Crippen LogP contribution in [0.25, 0.3) is 0 Å². The molecule has 2 fully saturated rings. The lowest BCUT2D eigenvalue weighted by molar-refractivity contribution is -0.132. The molecule has 0 atom stereocenters. The van der Waals surface area contributed by atoms with E-state index in [1.54, 1.807) is 12.1 Å². The number of amides is 3. The average Bonchev–Trinajstić information content (AvgIpc) is 3.10. The lowest BCUT2D eigenvalue weighted by atomic mass is 9.84. The van der Waals surface area contributed by atoms with Crippen molar-refractivity contribution >= 4 is 17.6 Å². The van der Waals surface area contributed by atoms with Gasteiger partial charge in [-0.05, 0) is 35.4 Å². The molecule has 2 saturated heterocycles. The third-order valence-electron chi connectivity index (χ3n) is 6.87. The van der Waals surface area contributed by atoms with Crippen LogP contribution < -0.4 is 10.2 Å². The Hall–Kier alpha value is -3.84. The maximum absolute atomic E-state index is 13.8. The number of phenols is 1. The quantitative estimate of drug-likeness (QED) is 0.519. The first-order valence-electron chi connectivity index (χ1n) is 12.0. The normalized spacial score (nSPS) is 18.1. The highest BCUT2D eigenvalue weighted by atomic mass is 16.3. The van der Waals surface area contributed by atoms with E-state index in [4.69, 9.17) is 0 Å². The fourth-order valence-corrected chi connectivity index (χ4v) is 5.01. The van der Waals surface area contributed by atoms with Crippen LogP contribution in [-0.2, 0) is 17.6 Å². The van der Waals surface area contributed by atoms with Crippen LogP contribution in [0.5, 0.6) is 5.75 Å². The van der Waals surface area contributed by atoms with Gasteiger partial charge in [-0.25, -0.2) is 9.69 Å². The SMILES string of the molecule is O=C1NC(Cc2ccccc2)(Cc2ccccc2)C(=O)N1CN1CCN(c2ccc(O)cc2)CC1. The van der Waals surface area contributed by atoms with Crippen LogP contribution in [0.1, 0.15) is 11.1 Å². The lowest BCUT2D eigenvalue weighted by Gasteiger charge is -2.37. The van der Waals surface area contributed by atoms with Gasteiger partial charge in [0, 0.05) is 44.7 Å². The highest BCUT2D eigenvalue weighted by Gasteiger charge is 2.51. The summed E-state index contributed by atoms with van der Waals surface area (Å²) in [5, 5.41) is 12.6. The number of nitrogens with one attached hydrogen (secondary N) is 1. The average molecular weight is 471 g/mol. The molecule has 0 aromatic heterocycles. The van der Waals surface area contributed by atoms with Crippen LogP contribution in [0, 0.1) is 0 Å². The second kappa shape index (κ2) is 9.80. The highest BCUT2D eigenvalue weighted by molar-refractivity contribution is 6.07. The van der Waals surface area contributed by atoms with Crippen LogP contribution in [0.4, 0.5) is 10.5 Å². The second-order valence-corrected chi connectivity index (χ2v) is 9.33. The molecule has 3 aromatic rings. The third kappa shape index (κ3) is 5.00. The zero-order chi connectivity index (χ0) is 24.3. The highest BCUT2D eigenvalue weighted by Crippen LogP contribution is 2.28. The Kier molecular flexibility index (Phi) is 6.42. The summed E-state index contributed by atoms with van der Waals surface area (Å²) >= 11 is 0. The first-order chi connectivity index (χ1) is 17.0. The van der Waals surface area contributed by atoms with E-state index in [1.165, 1.54) is 4.90 Å². The number of rotatable bonds is 7. The van der Waals surface area contributed by atoms with Gasteiger partial charge in [-0.15, -0.1) is 0 Å². The number of aromatic hydroxyl groups is 1. The molecular weight excluding hydrogens is 440 g/mol. The number of nitrogens with zero attached hydrogens (tertiary/aromatic N) is 3. The fraction of sp³-hybridized carbons (Fsp3) is 0.286. The molecule has 0 aliphatic carbocycles. The zero-order valence-electron chi connectivity index (χ0n) is 19.6. The monoisotopic (exact) mass is 470 g/mol. The standard InChI is InChI=1S/C28H30N4O3/c33-25-13-11-24(12-14-25)31-17-15-30(16-18-31)21-32-26(34)28(29-27(32)35,19-22-7-3-1-4-8-22)20-23-9-5-2-6-10-23/h1-14,33H,15-21H2,(H,29,35). The van der Waals surface area contributed by atoms with Crippen molar-refractivity contribution in [3.8, 4) is 5.75 Å². The van der Waals surface area contributed by atoms with Crippen molar-refractivity contribution in [2.75, 3.05) is 37.7 Å². The van der Waals surface area contributed by atoms with Crippen molar-refractivity contribution in [1.29, 1.82) is 0 Å². The van der Waals surface area contributed by atoms with Crippen molar-refractivity contribution in [3.05, 3.63) is 96.1 Å². The number of carbonyl (C=O) groups is 2. The molecule has 5 rings (SSSR count). The first kappa shape index (κ1) is 22.9. The van der Waals surface area contributed by atoms with Gasteiger partial charge in [-0.2, -0.15) is 0 Å². The number of anilines is 1. The summed E-state index contributed by atoms with van der Waals surface area (Å²) in [4.78, 5) is 32.7. The number of hydrogen-bond donors (Lipinski definition) is 2. The Labute approximate surface area is 205 Å². The maximum Gasteiger partial charge on any atom is 0.326 e. The first-order valence-corrected chi connectivity index (χ1v) is 12.0. The summed E-state index contributed by atoms with van der Waals surface area (Å²) in [5.41, 5.74) is 2.08. The van der Waals surface area contributed by atoms with Crippen LogP contribution in [0.15, 0.2) is 84.9 Å². The molecule has 2 N–H and O–H groups in total. The Morgan fingerprint density at radius 3 is 1.83 bits per heavy atom. The van der Waals surface area contributed by atoms with E-state index in [0.717, 1.165) is 43.0 Å². The molecule has 2 aliphatic rings. The third-order valence-corrected chi connectivity index (χ3v) is 6.87. The molecule has 0 bridgehead atoms. The summed E-state index contributed by atoms with van der Waals surface area (Å²) in [6, 6.07) is 26.6. The molecule has 35 heavy (non-hydrogen) atoms. The van der Waals surface area contributed by atoms with Gasteiger partial charge in [0.05, 0.1) is 6.67 Å². The molecule has 3 amide bonds. The minimum atomic E-state index is -1.01. The van der Waals surface area contributed by atoms with Gasteiger partial charge in [0.15, 0.2) is 0 Å². The van der Waals surface area contributed by atoms with E-state index in [2.05, 4.69) is 15.1 Å². The van der Waals surface area contributed by atoms with Gasteiger partial charge in [0.1, 0.15) is 11.3 Å². The largest absolute Gasteiger partial charge is 0.508 e. The van der Waals surface area contributed by atoms with Crippen LogP contribution in [0.2, 0.25) is 0 Å². The number of piperazine rings is 1. The smallest absolute Gasteiger partial charge is 0.326 e. The summed E-state index contributed by atoms with van der Waals surface area (Å²) in [6.45, 7) is 3.32. The van der Waals surface area contributed by atoms with Gasteiger partial charge < -0.3 is 15.3 Å². The summed E-state index contributed by atoms with van der Waals surface area (Å²) < 4.78 is 0. The number of imide groups is 1.